The Kier molecular flexibility index (Phi) is 3.77. The highest BCUT2D eigenvalue weighted by atomic mass is 13.9. The van der Waals surface area contributed by atoms with Crippen molar-refractivity contribution in [1.82, 2.24) is 0 Å². The SMILES string of the molecule is [CH]C(C)CCC=C. The molecule has 0 saturated carbocycles. The molecule has 0 aliphatic heterocycles. The van der Waals surface area contributed by atoms with Gasteiger partial charge in [0.25, 0.3) is 0 Å². The number of hydrogen-bond acceptors (Lipinski definition) is 0. The number of allylic oxidation sites excluding steroid dienone is 1. The molecule has 0 saturated heterocycles. The molecule has 2 radical (unpaired) electrons. The summed E-state index contributed by atoms with van der Waals surface area (Å²) >= 11 is 0. The molecule has 0 fully saturated rings. The minimum atomic E-state index is 0.331. The van der Waals surface area contributed by atoms with Crippen LogP contribution < -0.4 is 0 Å². The molecule has 0 aliphatic rings. The molecule has 0 heterocycles. The van der Waals surface area contributed by atoms with Crippen molar-refractivity contribution in [3.05, 3.63) is 19.6 Å². The number of hydrogen-bond donors (Lipinski definition) is 0. The highest BCUT2D eigenvalue weighted by molar-refractivity contribution is 4.68. The zero-order valence-corrected chi connectivity index (χ0v) is 4.85. The third kappa shape index (κ3) is 5.74. The molecule has 0 bridgehead atoms. The van der Waals surface area contributed by atoms with E-state index in [4.69, 9.17) is 6.92 Å². The lowest BCUT2D eigenvalue weighted by Gasteiger charge is -1.96. The Hall–Kier alpha value is -0.260. The summed E-state index contributed by atoms with van der Waals surface area (Å²) in [5, 5.41) is 0. The fourth-order valence-electron chi connectivity index (χ4n) is 0.381. The van der Waals surface area contributed by atoms with Gasteiger partial charge >= 0.3 is 0 Å². The summed E-state index contributed by atoms with van der Waals surface area (Å²) in [7, 11) is 0. The fourth-order valence-corrected chi connectivity index (χ4v) is 0.381. The summed E-state index contributed by atoms with van der Waals surface area (Å²) in [6, 6.07) is 0. The van der Waals surface area contributed by atoms with E-state index in [9.17, 15) is 0 Å². The van der Waals surface area contributed by atoms with Crippen molar-refractivity contribution in [3.63, 3.8) is 0 Å². The van der Waals surface area contributed by atoms with E-state index in [0.717, 1.165) is 12.8 Å². The smallest absolute Gasteiger partial charge is 0.0321 e. The quantitative estimate of drug-likeness (QED) is 0.473. The van der Waals surface area contributed by atoms with Crippen LogP contribution in [0.2, 0.25) is 0 Å². The summed E-state index contributed by atoms with van der Waals surface area (Å²) < 4.78 is 0. The summed E-state index contributed by atoms with van der Waals surface area (Å²) in [5.41, 5.74) is 0. The Morgan fingerprint density at radius 3 is 2.57 bits per heavy atom. The monoisotopic (exact) mass is 96.1 g/mol. The topological polar surface area (TPSA) is 0 Å². The van der Waals surface area contributed by atoms with Crippen LogP contribution >= 0.6 is 0 Å². The van der Waals surface area contributed by atoms with Crippen LogP contribution in [0.25, 0.3) is 0 Å². The first-order valence-corrected chi connectivity index (χ1v) is 2.64. The lowest BCUT2D eigenvalue weighted by atomic mass is 10.1. The number of rotatable bonds is 3. The van der Waals surface area contributed by atoms with Crippen LogP contribution in [0.5, 0.6) is 0 Å². The molecule has 0 aromatic heterocycles. The highest BCUT2D eigenvalue weighted by Crippen LogP contribution is 2.01. The van der Waals surface area contributed by atoms with Crippen molar-refractivity contribution in [2.75, 3.05) is 0 Å². The van der Waals surface area contributed by atoms with E-state index < -0.39 is 0 Å². The Labute approximate surface area is 46.2 Å². The summed E-state index contributed by atoms with van der Waals surface area (Å²) in [6.45, 7) is 11.0. The zero-order valence-electron chi connectivity index (χ0n) is 4.85. The van der Waals surface area contributed by atoms with E-state index in [1.807, 2.05) is 13.0 Å². The van der Waals surface area contributed by atoms with E-state index >= 15 is 0 Å². The molecule has 40 valence electrons. The van der Waals surface area contributed by atoms with E-state index in [0.29, 0.717) is 5.92 Å². The second kappa shape index (κ2) is 3.91. The Bertz CT molecular complexity index is 44.0. The van der Waals surface area contributed by atoms with Crippen molar-refractivity contribution in [3.8, 4) is 0 Å². The highest BCUT2D eigenvalue weighted by Gasteiger charge is 1.87. The minimum Gasteiger partial charge on any atom is -0.103 e. The average Bonchev–Trinajstić information content (AvgIpc) is 1.61. The molecular formula is C7H12. The first kappa shape index (κ1) is 6.74. The van der Waals surface area contributed by atoms with Gasteiger partial charge in [-0.1, -0.05) is 13.0 Å². The second-order valence-corrected chi connectivity index (χ2v) is 1.84. The maximum atomic E-state index is 5.43. The van der Waals surface area contributed by atoms with Crippen molar-refractivity contribution in [2.24, 2.45) is 5.92 Å². The van der Waals surface area contributed by atoms with Gasteiger partial charge in [0.05, 0.1) is 0 Å². The molecule has 0 aromatic rings. The van der Waals surface area contributed by atoms with Crippen LogP contribution in [-0.4, -0.2) is 0 Å². The van der Waals surface area contributed by atoms with Gasteiger partial charge < -0.3 is 0 Å². The van der Waals surface area contributed by atoms with E-state index in [-0.39, 0.29) is 0 Å². The van der Waals surface area contributed by atoms with Crippen LogP contribution in [0, 0.1) is 12.8 Å². The van der Waals surface area contributed by atoms with Gasteiger partial charge in [0.15, 0.2) is 0 Å². The maximum Gasteiger partial charge on any atom is -0.0321 e. The fraction of sp³-hybridized carbons (Fsp3) is 0.571. The third-order valence-electron chi connectivity index (χ3n) is 0.826. The van der Waals surface area contributed by atoms with Gasteiger partial charge in [-0.2, -0.15) is 0 Å². The molecule has 0 aromatic carbocycles. The van der Waals surface area contributed by atoms with Gasteiger partial charge in [0, 0.05) is 0 Å². The van der Waals surface area contributed by atoms with Crippen LogP contribution in [0.15, 0.2) is 12.7 Å². The summed E-state index contributed by atoms with van der Waals surface area (Å²) in [5.74, 6) is 0.331. The van der Waals surface area contributed by atoms with Gasteiger partial charge in [-0.15, -0.1) is 6.58 Å². The minimum absolute atomic E-state index is 0.331. The van der Waals surface area contributed by atoms with Crippen LogP contribution in [0.1, 0.15) is 19.8 Å². The van der Waals surface area contributed by atoms with Crippen LogP contribution in [0.3, 0.4) is 0 Å². The van der Waals surface area contributed by atoms with E-state index in [2.05, 4.69) is 6.58 Å². The lowest BCUT2D eigenvalue weighted by Crippen LogP contribution is -1.83. The summed E-state index contributed by atoms with van der Waals surface area (Å²) in [6.07, 6.45) is 3.99. The van der Waals surface area contributed by atoms with E-state index in [1.165, 1.54) is 0 Å². The van der Waals surface area contributed by atoms with E-state index in [1.54, 1.807) is 0 Å². The molecule has 0 rings (SSSR count). The first-order valence-electron chi connectivity index (χ1n) is 2.64. The van der Waals surface area contributed by atoms with Gasteiger partial charge in [0.2, 0.25) is 0 Å². The van der Waals surface area contributed by atoms with Gasteiger partial charge in [0.1, 0.15) is 0 Å². The molecule has 1 unspecified atom stereocenters. The standard InChI is InChI=1S/C7H12/c1-4-5-6-7(2)3/h2,4,7H,1,5-6H2,3H3. The van der Waals surface area contributed by atoms with Gasteiger partial charge in [-0.25, -0.2) is 0 Å². The van der Waals surface area contributed by atoms with Crippen molar-refractivity contribution in [1.29, 1.82) is 0 Å². The van der Waals surface area contributed by atoms with Crippen LogP contribution in [0.4, 0.5) is 0 Å². The average molecular weight is 96.2 g/mol. The van der Waals surface area contributed by atoms with Crippen molar-refractivity contribution >= 4 is 0 Å². The molecule has 1 atom stereocenters. The van der Waals surface area contributed by atoms with Gasteiger partial charge in [-0.05, 0) is 25.7 Å². The molecule has 0 aliphatic carbocycles. The van der Waals surface area contributed by atoms with Crippen molar-refractivity contribution < 1.29 is 0 Å². The van der Waals surface area contributed by atoms with Gasteiger partial charge in [-0.3, -0.25) is 0 Å². The Morgan fingerprint density at radius 2 is 2.43 bits per heavy atom. The maximum absolute atomic E-state index is 5.43. The molecular weight excluding hydrogens is 84.1 g/mol. The Balaban J connectivity index is 2.81. The largest absolute Gasteiger partial charge is 0.103 e. The zero-order chi connectivity index (χ0) is 5.70. The molecule has 0 spiro atoms. The molecule has 7 heavy (non-hydrogen) atoms. The molecule has 0 N–H and O–H groups in total. The molecule has 0 nitrogen and oxygen atoms in total. The predicted octanol–water partition coefficient (Wildman–Crippen LogP) is 2.30. The first-order chi connectivity index (χ1) is 3.27. The second-order valence-electron chi connectivity index (χ2n) is 1.84. The Morgan fingerprint density at radius 1 is 1.86 bits per heavy atom. The normalized spacial score (nSPS) is 9.57. The molecule has 0 amide bonds. The van der Waals surface area contributed by atoms with Crippen LogP contribution in [-0.2, 0) is 0 Å². The summed E-state index contributed by atoms with van der Waals surface area (Å²) in [4.78, 5) is 0. The lowest BCUT2D eigenvalue weighted by molar-refractivity contribution is 0.654. The van der Waals surface area contributed by atoms with Crippen molar-refractivity contribution in [2.45, 2.75) is 19.8 Å². The molecule has 0 heteroatoms. The predicted molar refractivity (Wildman–Crippen MR) is 32.9 cm³/mol. The third-order valence-corrected chi connectivity index (χ3v) is 0.826.